The van der Waals surface area contributed by atoms with Crippen LogP contribution in [-0.2, 0) is 6.54 Å². The second-order valence-electron chi connectivity index (χ2n) is 4.40. The minimum absolute atomic E-state index is 0.274. The van der Waals surface area contributed by atoms with Crippen molar-refractivity contribution in [2.75, 3.05) is 0 Å². The third kappa shape index (κ3) is 3.11. The molecule has 0 radical (unpaired) electrons. The Balaban J connectivity index is 1.63. The summed E-state index contributed by atoms with van der Waals surface area (Å²) in [5.74, 6) is -0.0271. The molecule has 0 aliphatic heterocycles. The van der Waals surface area contributed by atoms with Crippen LogP contribution in [0.15, 0.2) is 57.7 Å². The Hall–Kier alpha value is -3.02. The Kier molecular flexibility index (Phi) is 3.42. The van der Waals surface area contributed by atoms with Gasteiger partial charge in [-0.3, -0.25) is 4.98 Å². The zero-order valence-electron chi connectivity index (χ0n) is 11.0. The van der Waals surface area contributed by atoms with Crippen molar-refractivity contribution < 1.29 is 13.9 Å². The van der Waals surface area contributed by atoms with Gasteiger partial charge in [0.25, 0.3) is 0 Å². The van der Waals surface area contributed by atoms with Crippen molar-refractivity contribution in [3.63, 3.8) is 0 Å². The largest absolute Gasteiger partial charge is 0.417 e. The first-order chi connectivity index (χ1) is 10.2. The molecule has 0 fully saturated rings. The predicted molar refractivity (Wildman–Crippen MR) is 76.1 cm³/mol. The summed E-state index contributed by atoms with van der Waals surface area (Å²) < 4.78 is 10.1. The number of oxazole rings is 1. The number of fused-ring (bicyclic) bond motifs is 1. The number of hydrogen-bond acceptors (Lipinski definition) is 4. The molecule has 6 heteroatoms. The van der Waals surface area contributed by atoms with Crippen LogP contribution in [0.4, 0.5) is 4.79 Å². The number of nitrogens with one attached hydrogen (secondary N) is 2. The van der Waals surface area contributed by atoms with Crippen LogP contribution in [0, 0.1) is 0 Å². The lowest BCUT2D eigenvalue weighted by molar-refractivity contribution is 0.200. The average Bonchev–Trinajstić information content (AvgIpc) is 2.85. The minimum atomic E-state index is -0.545. The number of rotatable bonds is 3. The number of aromatic amines is 1. The molecular formula is C15H12N2O4. The zero-order chi connectivity index (χ0) is 14.7. The van der Waals surface area contributed by atoms with Crippen molar-refractivity contribution in [2.24, 2.45) is 0 Å². The molecule has 0 saturated carbocycles. The standard InChI is InChI=1S/C15H12N2O4/c18-14(20-11-4-2-1-3-5-11)16-9-10-6-7-12-13(8-10)21-15(19)17-12/h1-8H,9H2,(H,16,18)(H,17,19). The first-order valence-electron chi connectivity index (χ1n) is 6.33. The lowest BCUT2D eigenvalue weighted by Gasteiger charge is -2.06. The number of carbonyl (C=O) groups is 1. The number of hydrogen-bond donors (Lipinski definition) is 2. The van der Waals surface area contributed by atoms with E-state index < -0.39 is 11.8 Å². The van der Waals surface area contributed by atoms with E-state index in [1.165, 1.54) is 0 Å². The average molecular weight is 284 g/mol. The molecule has 1 amide bonds. The highest BCUT2D eigenvalue weighted by atomic mass is 16.6. The van der Waals surface area contributed by atoms with Gasteiger partial charge in [-0.1, -0.05) is 24.3 Å². The Labute approximate surface area is 119 Å². The van der Waals surface area contributed by atoms with Crippen molar-refractivity contribution in [1.29, 1.82) is 0 Å². The molecule has 0 aliphatic carbocycles. The van der Waals surface area contributed by atoms with Gasteiger partial charge in [0, 0.05) is 6.54 Å². The summed E-state index contributed by atoms with van der Waals surface area (Å²) in [6.07, 6.45) is -0.545. The summed E-state index contributed by atoms with van der Waals surface area (Å²) in [4.78, 5) is 25.2. The van der Waals surface area contributed by atoms with Gasteiger partial charge >= 0.3 is 11.8 Å². The monoisotopic (exact) mass is 284 g/mol. The lowest BCUT2D eigenvalue weighted by Crippen LogP contribution is -2.26. The van der Waals surface area contributed by atoms with Gasteiger partial charge in [-0.25, -0.2) is 9.59 Å². The van der Waals surface area contributed by atoms with E-state index in [1.54, 1.807) is 42.5 Å². The molecule has 21 heavy (non-hydrogen) atoms. The molecule has 0 atom stereocenters. The molecule has 106 valence electrons. The number of H-pyrrole nitrogens is 1. The SMILES string of the molecule is O=C(NCc1ccc2[nH]c(=O)oc2c1)Oc1ccccc1. The van der Waals surface area contributed by atoms with Gasteiger partial charge in [0.2, 0.25) is 0 Å². The normalized spacial score (nSPS) is 10.5. The number of aromatic nitrogens is 1. The van der Waals surface area contributed by atoms with Crippen LogP contribution in [-0.4, -0.2) is 11.1 Å². The minimum Gasteiger partial charge on any atom is -0.410 e. The highest BCUT2D eigenvalue weighted by Crippen LogP contribution is 2.12. The number of amides is 1. The van der Waals surface area contributed by atoms with Crippen molar-refractivity contribution in [2.45, 2.75) is 6.54 Å². The van der Waals surface area contributed by atoms with Crippen molar-refractivity contribution in [3.05, 3.63) is 64.6 Å². The maximum Gasteiger partial charge on any atom is 0.417 e. The third-order valence-electron chi connectivity index (χ3n) is 2.88. The van der Waals surface area contributed by atoms with Crippen LogP contribution in [0.25, 0.3) is 11.1 Å². The second-order valence-corrected chi connectivity index (χ2v) is 4.40. The quantitative estimate of drug-likeness (QED) is 0.773. The lowest BCUT2D eigenvalue weighted by atomic mass is 10.2. The molecule has 0 bridgehead atoms. The molecule has 2 N–H and O–H groups in total. The molecule has 1 aromatic heterocycles. The van der Waals surface area contributed by atoms with Crippen LogP contribution in [0.2, 0.25) is 0 Å². The highest BCUT2D eigenvalue weighted by molar-refractivity contribution is 5.73. The highest BCUT2D eigenvalue weighted by Gasteiger charge is 2.06. The van der Waals surface area contributed by atoms with Gasteiger partial charge in [-0.05, 0) is 29.8 Å². The van der Waals surface area contributed by atoms with E-state index in [0.29, 0.717) is 16.8 Å². The van der Waals surface area contributed by atoms with E-state index >= 15 is 0 Å². The maximum absolute atomic E-state index is 11.6. The molecule has 0 saturated heterocycles. The number of carbonyl (C=O) groups excluding carboxylic acids is 1. The van der Waals surface area contributed by atoms with Gasteiger partial charge in [0.15, 0.2) is 5.58 Å². The molecule has 0 aliphatic rings. The maximum atomic E-state index is 11.6. The molecule has 1 heterocycles. The van der Waals surface area contributed by atoms with Gasteiger partial charge in [0.05, 0.1) is 5.52 Å². The Morgan fingerprint density at radius 2 is 2.00 bits per heavy atom. The summed E-state index contributed by atoms with van der Waals surface area (Å²) in [5.41, 5.74) is 1.88. The van der Waals surface area contributed by atoms with Crippen molar-refractivity contribution in [1.82, 2.24) is 10.3 Å². The molecule has 2 aromatic carbocycles. The third-order valence-corrected chi connectivity index (χ3v) is 2.88. The fourth-order valence-electron chi connectivity index (χ4n) is 1.91. The van der Waals surface area contributed by atoms with Crippen LogP contribution >= 0.6 is 0 Å². The Morgan fingerprint density at radius 3 is 2.81 bits per heavy atom. The van der Waals surface area contributed by atoms with Crippen LogP contribution in [0.5, 0.6) is 5.75 Å². The van der Waals surface area contributed by atoms with E-state index in [2.05, 4.69) is 10.3 Å². The van der Waals surface area contributed by atoms with Crippen LogP contribution in [0.3, 0.4) is 0 Å². The Morgan fingerprint density at radius 1 is 1.19 bits per heavy atom. The second kappa shape index (κ2) is 5.54. The number of para-hydroxylation sites is 1. The van der Waals surface area contributed by atoms with Gasteiger partial charge < -0.3 is 14.5 Å². The first-order valence-corrected chi connectivity index (χ1v) is 6.33. The molecule has 3 rings (SSSR count). The summed E-state index contributed by atoms with van der Waals surface area (Å²) in [6, 6.07) is 14.0. The van der Waals surface area contributed by atoms with Gasteiger partial charge in [-0.15, -0.1) is 0 Å². The molecule has 6 nitrogen and oxygen atoms in total. The van der Waals surface area contributed by atoms with E-state index in [-0.39, 0.29) is 6.54 Å². The molecule has 0 spiro atoms. The summed E-state index contributed by atoms with van der Waals surface area (Å²) in [6.45, 7) is 0.274. The van der Waals surface area contributed by atoms with E-state index in [9.17, 15) is 9.59 Å². The van der Waals surface area contributed by atoms with Crippen molar-refractivity contribution in [3.8, 4) is 5.75 Å². The summed E-state index contributed by atoms with van der Waals surface area (Å²) >= 11 is 0. The first kappa shape index (κ1) is 13.0. The van der Waals surface area contributed by atoms with Gasteiger partial charge in [-0.2, -0.15) is 0 Å². The van der Waals surface area contributed by atoms with E-state index in [4.69, 9.17) is 9.15 Å². The molecule has 3 aromatic rings. The number of ether oxygens (including phenoxy) is 1. The zero-order valence-corrected chi connectivity index (χ0v) is 11.0. The van der Waals surface area contributed by atoms with E-state index in [1.807, 2.05) is 6.07 Å². The summed E-state index contributed by atoms with van der Waals surface area (Å²) in [7, 11) is 0. The fraction of sp³-hybridized carbons (Fsp3) is 0.0667. The smallest absolute Gasteiger partial charge is 0.410 e. The summed E-state index contributed by atoms with van der Waals surface area (Å²) in [5, 5.41) is 2.63. The van der Waals surface area contributed by atoms with E-state index in [0.717, 1.165) is 5.56 Å². The topological polar surface area (TPSA) is 84.3 Å². The fourth-order valence-corrected chi connectivity index (χ4v) is 1.91. The Bertz CT molecular complexity index is 820. The molecule has 0 unspecified atom stereocenters. The predicted octanol–water partition coefficient (Wildman–Crippen LogP) is 2.41. The molecular weight excluding hydrogens is 272 g/mol. The number of benzene rings is 2. The van der Waals surface area contributed by atoms with Gasteiger partial charge in [0.1, 0.15) is 5.75 Å². The van der Waals surface area contributed by atoms with Crippen molar-refractivity contribution >= 4 is 17.2 Å². The van der Waals surface area contributed by atoms with Crippen LogP contribution in [0.1, 0.15) is 5.56 Å². The van der Waals surface area contributed by atoms with Crippen LogP contribution < -0.4 is 15.8 Å².